The van der Waals surface area contributed by atoms with Crippen LogP contribution >= 0.6 is 0 Å². The number of carbonyl (C=O) groups is 8. The van der Waals surface area contributed by atoms with Crippen molar-refractivity contribution in [3.63, 3.8) is 0 Å². The predicted molar refractivity (Wildman–Crippen MR) is 331 cm³/mol. The quantitative estimate of drug-likeness (QED) is 0.0799. The minimum absolute atomic E-state index is 0. The molecule has 25 nitrogen and oxygen atoms in total. The number of nitrogens with one attached hydrogen (secondary N) is 1. The summed E-state index contributed by atoms with van der Waals surface area (Å²) in [6, 6.07) is 31.4. The van der Waals surface area contributed by atoms with Gasteiger partial charge in [-0.25, -0.2) is 0 Å². The first-order chi connectivity index (χ1) is 44.7. The van der Waals surface area contributed by atoms with Crippen LogP contribution in [0.4, 0.5) is 0 Å². The topological polar surface area (TPSA) is 320 Å². The van der Waals surface area contributed by atoms with Gasteiger partial charge >= 0.3 is 65.4 Å². The number of cyclic esters (lactones) is 2. The monoisotopic (exact) mass is 1320 g/mol. The van der Waals surface area contributed by atoms with Gasteiger partial charge in [-0.3, -0.25) is 53.1 Å². The molecule has 12 heterocycles. The number of carbonyl (C=O) groups excluding carboxylic acids is 6. The van der Waals surface area contributed by atoms with Crippen LogP contribution in [0, 0.1) is 47.3 Å². The van der Waals surface area contributed by atoms with E-state index in [1.807, 2.05) is 34.1 Å². The number of rotatable bonds is 12. The van der Waals surface area contributed by atoms with Gasteiger partial charge in [-0.15, -0.1) is 0 Å². The summed E-state index contributed by atoms with van der Waals surface area (Å²) >= 11 is 0. The fraction of sp³-hybridized carbons (Fsp3) is 0.618. The SMILES string of the molecule is CO.COC(=O)C1C2CCC(O2)C1C(=O)N1CCN(Cc2ccccc2)CC1.COC(=O)C1C2CCC(O2)C1C(=O)O.O=C(O)C1C2CCC(O2)C1C(=O)N1CCN(Cc2ccccc2)CC1.O=C1OC(=O)C2C3CCC(O3)C12.[Na+].[OH-].c1ccc(CN2CCNCC2)cc1. The first kappa shape index (κ1) is 74.0. The second kappa shape index (κ2) is 34.9. The van der Waals surface area contributed by atoms with Crippen molar-refractivity contribution < 1.29 is 122 Å². The van der Waals surface area contributed by atoms with E-state index < -0.39 is 47.5 Å². The number of fused-ring (bicyclic) bond motifs is 11. The van der Waals surface area contributed by atoms with E-state index >= 15 is 0 Å². The van der Waals surface area contributed by atoms with Crippen molar-refractivity contribution in [1.29, 1.82) is 0 Å². The summed E-state index contributed by atoms with van der Waals surface area (Å²) in [6.45, 7) is 13.6. The van der Waals surface area contributed by atoms with Gasteiger partial charge in [0, 0.05) is 105 Å². The van der Waals surface area contributed by atoms with Gasteiger partial charge in [0.25, 0.3) is 0 Å². The molecule has 0 aromatic heterocycles. The molecular formula is C68H91N6NaO19. The summed E-state index contributed by atoms with van der Waals surface area (Å²) < 4.78 is 36.5. The van der Waals surface area contributed by atoms with Crippen LogP contribution in [0.5, 0.6) is 0 Å². The zero-order valence-corrected chi connectivity index (χ0v) is 56.3. The van der Waals surface area contributed by atoms with Crippen molar-refractivity contribution in [2.24, 2.45) is 47.3 Å². The number of nitrogens with zero attached hydrogens (tertiary/aromatic N) is 5. The van der Waals surface area contributed by atoms with E-state index in [9.17, 15) is 43.5 Å². The van der Waals surface area contributed by atoms with Crippen molar-refractivity contribution in [2.75, 3.05) is 99.9 Å². The van der Waals surface area contributed by atoms with Gasteiger partial charge in [-0.2, -0.15) is 0 Å². The predicted octanol–water partition coefficient (Wildman–Crippen LogP) is -0.0651. The van der Waals surface area contributed by atoms with Gasteiger partial charge in [0.1, 0.15) is 0 Å². The second-order valence-corrected chi connectivity index (χ2v) is 25.5. The zero-order valence-electron chi connectivity index (χ0n) is 54.3. The standard InChI is InChI=1S/C20H26N2O4.C19H24N2O4.C11H16N2.C9H12O5.C8H8O4.CH4O.Na.H2O/c1-25-20(24)18-16-8-7-15(26-16)17(18)19(23)22-11-9-21(10-12-22)13-14-5-3-2-4-6-14;22-18(16-14-6-7-15(25-14)17(16)19(23)24)21-10-8-20(9-11-21)12-13-4-2-1-3-5-13;1-2-4-11(5-3-1)10-13-8-6-12-7-9-13;1-13-9(12)7-5-3-2-4(14-5)6(7)8(10)11;9-7-5-3-1-2-4(11-3)6(5)8(10)12-7;1-2;;/h2-6,15-18H,7-13H2,1H3;1-5,14-17H,6-12H2,(H,23,24);1-5,12H,6-10H2;4-7H,2-3H2,1H3,(H,10,11);3-6H,1-2H2;2H,1H3;;1H2/q;;;;;;+1;/p-1. The van der Waals surface area contributed by atoms with Crippen molar-refractivity contribution >= 4 is 47.6 Å². The largest absolute Gasteiger partial charge is 1.00 e. The van der Waals surface area contributed by atoms with Crippen molar-refractivity contribution in [2.45, 2.75) is 120 Å². The molecule has 26 heteroatoms. The third kappa shape index (κ3) is 17.3. The molecule has 8 bridgehead atoms. The average molecular weight is 1320 g/mol. The van der Waals surface area contributed by atoms with Crippen molar-refractivity contribution in [3.8, 4) is 0 Å². The van der Waals surface area contributed by atoms with Crippen LogP contribution in [0.2, 0.25) is 0 Å². The maximum atomic E-state index is 13.1. The molecule has 0 spiro atoms. The summed E-state index contributed by atoms with van der Waals surface area (Å²) in [5.74, 6) is -7.24. The molecule has 0 radical (unpaired) electrons. The molecular weight excluding hydrogens is 1230 g/mol. The maximum absolute atomic E-state index is 13.1. The fourth-order valence-electron chi connectivity index (χ4n) is 15.7. The van der Waals surface area contributed by atoms with E-state index in [4.69, 9.17) is 33.9 Å². The number of carboxylic acids is 2. The Labute approximate surface area is 570 Å². The molecule has 0 aliphatic carbocycles. The summed E-state index contributed by atoms with van der Waals surface area (Å²) in [7, 11) is 3.66. The first-order valence-corrected chi connectivity index (χ1v) is 32.7. The molecule has 12 aliphatic rings. The Morgan fingerprint density at radius 3 is 1.04 bits per heavy atom. The number of hydrogen-bond donors (Lipinski definition) is 4. The van der Waals surface area contributed by atoms with E-state index in [1.165, 1.54) is 44.0 Å². The molecule has 16 unspecified atom stereocenters. The Balaban J connectivity index is 0.000000154. The second-order valence-electron chi connectivity index (χ2n) is 25.5. The minimum atomic E-state index is -0.965. The third-order valence-electron chi connectivity index (χ3n) is 20.3. The molecule has 16 atom stereocenters. The van der Waals surface area contributed by atoms with Gasteiger partial charge in [-0.1, -0.05) is 91.0 Å². The maximum Gasteiger partial charge on any atom is 1.00 e. The number of esters is 4. The van der Waals surface area contributed by atoms with E-state index in [0.717, 1.165) is 117 Å². The van der Waals surface area contributed by atoms with Crippen LogP contribution in [-0.4, -0.2) is 242 Å². The number of aliphatic hydroxyl groups is 1. The number of piperazine rings is 3. The van der Waals surface area contributed by atoms with Gasteiger partial charge in [0.2, 0.25) is 11.8 Å². The molecule has 5 N–H and O–H groups in total. The Morgan fingerprint density at radius 1 is 0.426 bits per heavy atom. The van der Waals surface area contributed by atoms with Crippen LogP contribution in [-0.2, 0) is 91.1 Å². The van der Waals surface area contributed by atoms with E-state index in [0.29, 0.717) is 26.2 Å². The molecule has 2 amide bonds. The fourth-order valence-corrected chi connectivity index (χ4v) is 15.7. The molecule has 12 fully saturated rings. The summed E-state index contributed by atoms with van der Waals surface area (Å²) in [4.78, 5) is 105. The van der Waals surface area contributed by atoms with Gasteiger partial charge in [0.05, 0.1) is 110 Å². The summed E-state index contributed by atoms with van der Waals surface area (Å²) in [5.41, 5.74) is 3.98. The molecule has 12 saturated heterocycles. The molecule has 3 aromatic rings. The van der Waals surface area contributed by atoms with Crippen LogP contribution in [0.3, 0.4) is 0 Å². The smallest absolute Gasteiger partial charge is 0.870 e. The average Bonchev–Trinajstić information content (AvgIpc) is 1.62. The van der Waals surface area contributed by atoms with Crippen molar-refractivity contribution in [3.05, 3.63) is 108 Å². The number of methoxy groups -OCH3 is 2. The van der Waals surface area contributed by atoms with Crippen molar-refractivity contribution in [1.82, 2.24) is 29.8 Å². The Kier molecular flexibility index (Phi) is 27.5. The number of benzene rings is 3. The van der Waals surface area contributed by atoms with Crippen LogP contribution in [0.25, 0.3) is 0 Å². The number of aliphatic carboxylic acids is 2. The minimum Gasteiger partial charge on any atom is -0.870 e. The summed E-state index contributed by atoms with van der Waals surface area (Å²) in [6.07, 6.45) is 5.15. The van der Waals surface area contributed by atoms with Crippen LogP contribution < -0.4 is 34.9 Å². The molecule has 3 aromatic carbocycles. The Hall–Kier alpha value is -5.78. The van der Waals surface area contributed by atoms with Crippen LogP contribution in [0.15, 0.2) is 91.0 Å². The normalized spacial score (nSPS) is 32.1. The van der Waals surface area contributed by atoms with E-state index in [1.54, 1.807) is 0 Å². The number of carboxylic acid groups (broad SMARTS) is 2. The molecule has 15 rings (SSSR count). The first-order valence-electron chi connectivity index (χ1n) is 32.7. The van der Waals surface area contributed by atoms with Crippen LogP contribution in [0.1, 0.15) is 68.1 Å². The Morgan fingerprint density at radius 2 is 0.702 bits per heavy atom. The molecule has 0 saturated carbocycles. The van der Waals surface area contributed by atoms with E-state index in [-0.39, 0.29) is 131 Å². The third-order valence-corrected chi connectivity index (χ3v) is 20.3. The number of ether oxygens (including phenoxy) is 7. The van der Waals surface area contributed by atoms with E-state index in [2.05, 4.69) is 96.2 Å². The van der Waals surface area contributed by atoms with Gasteiger partial charge < -0.3 is 69.1 Å². The zero-order chi connectivity index (χ0) is 65.0. The molecule has 94 heavy (non-hydrogen) atoms. The van der Waals surface area contributed by atoms with Gasteiger partial charge in [0.15, 0.2) is 0 Å². The van der Waals surface area contributed by atoms with Gasteiger partial charge in [-0.05, 0) is 68.1 Å². The Bertz CT molecular complexity index is 2970. The number of aliphatic hydroxyl groups excluding tert-OH is 1. The molecule has 508 valence electrons. The number of hydrogen-bond acceptors (Lipinski definition) is 21. The molecule has 12 aliphatic heterocycles. The summed E-state index contributed by atoms with van der Waals surface area (Å²) in [5, 5.41) is 28.8. The number of amides is 2.